The second-order valence-electron chi connectivity index (χ2n) is 5.95. The highest BCUT2D eigenvalue weighted by Gasteiger charge is 2.43. The van der Waals surface area contributed by atoms with Crippen LogP contribution in [0.3, 0.4) is 0 Å². The number of hydrazone groups is 1. The van der Waals surface area contributed by atoms with Gasteiger partial charge in [-0.1, -0.05) is 13.0 Å². The maximum absolute atomic E-state index is 14.5. The van der Waals surface area contributed by atoms with Crippen LogP contribution in [0.4, 0.5) is 13.2 Å². The van der Waals surface area contributed by atoms with Gasteiger partial charge in [0.2, 0.25) is 0 Å². The zero-order chi connectivity index (χ0) is 18.9. The van der Waals surface area contributed by atoms with Gasteiger partial charge in [-0.25, -0.2) is 23.1 Å². The van der Waals surface area contributed by atoms with Gasteiger partial charge in [-0.15, -0.1) is 12.6 Å². The van der Waals surface area contributed by atoms with E-state index in [9.17, 15) is 18.3 Å². The van der Waals surface area contributed by atoms with E-state index in [1.165, 1.54) is 18.2 Å². The Labute approximate surface area is 153 Å². The maximum Gasteiger partial charge on any atom is 0.163 e. The standard InChI is InChI=1S/C16H16F3N5OS/c1-9(14-13(19)5-20-7-21-14)16(25,6-24-8-22-23-15(24)26)11-3-2-10(17)4-12(11)18/h2-5,7-9,15,23,25-26H,6H2,1H3/t9-,15?,16+/m0/s1. The van der Waals surface area contributed by atoms with Crippen molar-refractivity contribution in [3.05, 3.63) is 59.4 Å². The van der Waals surface area contributed by atoms with Crippen molar-refractivity contribution in [2.45, 2.75) is 23.9 Å². The summed E-state index contributed by atoms with van der Waals surface area (Å²) >= 11 is 4.26. The molecule has 1 aliphatic heterocycles. The van der Waals surface area contributed by atoms with E-state index in [2.05, 4.69) is 33.1 Å². The molecule has 1 unspecified atom stereocenters. The SMILES string of the molecule is C[C@@H](c1ncncc1F)[C@](O)(CN1C=NNC1S)c1ccc(F)cc1F. The first-order chi connectivity index (χ1) is 12.3. The van der Waals surface area contributed by atoms with Gasteiger partial charge in [0.05, 0.1) is 18.4 Å². The van der Waals surface area contributed by atoms with Crippen molar-refractivity contribution in [1.29, 1.82) is 0 Å². The molecular formula is C16H16F3N5OS. The Balaban J connectivity index is 2.09. The van der Waals surface area contributed by atoms with Gasteiger partial charge >= 0.3 is 0 Å². The first-order valence-electron chi connectivity index (χ1n) is 7.69. The molecule has 1 aromatic carbocycles. The van der Waals surface area contributed by atoms with E-state index in [1.807, 2.05) is 0 Å². The quantitative estimate of drug-likeness (QED) is 0.689. The fourth-order valence-corrected chi connectivity index (χ4v) is 3.09. The molecule has 1 aliphatic rings. The van der Waals surface area contributed by atoms with Crippen LogP contribution in [0.15, 0.2) is 35.8 Å². The maximum atomic E-state index is 14.5. The molecule has 0 fully saturated rings. The summed E-state index contributed by atoms with van der Waals surface area (Å²) in [4.78, 5) is 8.96. The molecule has 2 N–H and O–H groups in total. The molecule has 0 amide bonds. The van der Waals surface area contributed by atoms with Crippen molar-refractivity contribution in [2.75, 3.05) is 6.54 Å². The van der Waals surface area contributed by atoms with E-state index in [4.69, 9.17) is 0 Å². The van der Waals surface area contributed by atoms with Crippen LogP contribution < -0.4 is 5.43 Å². The summed E-state index contributed by atoms with van der Waals surface area (Å²) in [6.45, 7) is 1.31. The molecule has 1 aromatic heterocycles. The molecule has 10 heteroatoms. The first-order valence-corrected chi connectivity index (χ1v) is 8.20. The monoisotopic (exact) mass is 383 g/mol. The van der Waals surface area contributed by atoms with Gasteiger partial charge in [0.1, 0.15) is 29.9 Å². The highest BCUT2D eigenvalue weighted by Crippen LogP contribution is 2.39. The first kappa shape index (κ1) is 18.5. The van der Waals surface area contributed by atoms with Crippen molar-refractivity contribution >= 4 is 19.0 Å². The Morgan fingerprint density at radius 1 is 1.35 bits per heavy atom. The second kappa shape index (κ2) is 7.12. The van der Waals surface area contributed by atoms with Crippen molar-refractivity contribution < 1.29 is 18.3 Å². The minimum absolute atomic E-state index is 0.0916. The van der Waals surface area contributed by atoms with Crippen molar-refractivity contribution in [3.63, 3.8) is 0 Å². The third-order valence-corrected chi connectivity index (χ3v) is 4.77. The number of nitrogens with zero attached hydrogens (tertiary/aromatic N) is 4. The highest BCUT2D eigenvalue weighted by molar-refractivity contribution is 7.80. The summed E-state index contributed by atoms with van der Waals surface area (Å²) in [6.07, 6.45) is 3.48. The molecule has 2 heterocycles. The molecule has 26 heavy (non-hydrogen) atoms. The molecule has 0 spiro atoms. The van der Waals surface area contributed by atoms with Crippen LogP contribution in [0.1, 0.15) is 24.1 Å². The lowest BCUT2D eigenvalue weighted by Gasteiger charge is -2.38. The molecule has 0 saturated heterocycles. The van der Waals surface area contributed by atoms with Gasteiger partial charge in [0.25, 0.3) is 0 Å². The number of nitrogens with one attached hydrogen (secondary N) is 1. The molecule has 3 rings (SSSR count). The molecule has 6 nitrogen and oxygen atoms in total. The third kappa shape index (κ3) is 3.34. The number of halogens is 3. The smallest absolute Gasteiger partial charge is 0.163 e. The number of hydrogen-bond donors (Lipinski definition) is 3. The van der Waals surface area contributed by atoms with Crippen LogP contribution in [-0.2, 0) is 5.60 Å². The summed E-state index contributed by atoms with van der Waals surface area (Å²) in [5, 5.41) is 15.2. The van der Waals surface area contributed by atoms with Crippen LogP contribution in [0, 0.1) is 17.5 Å². The molecule has 0 bridgehead atoms. The van der Waals surface area contributed by atoms with Crippen molar-refractivity contribution in [2.24, 2.45) is 5.10 Å². The molecule has 0 aliphatic carbocycles. The van der Waals surface area contributed by atoms with Gasteiger partial charge in [0.15, 0.2) is 11.3 Å². The number of benzene rings is 1. The molecule has 2 aromatic rings. The number of rotatable bonds is 5. The number of aliphatic hydroxyl groups is 1. The number of aromatic nitrogens is 2. The minimum atomic E-state index is -1.95. The third-order valence-electron chi connectivity index (χ3n) is 4.35. The van der Waals surface area contributed by atoms with E-state index in [0.717, 1.165) is 24.7 Å². The molecule has 3 atom stereocenters. The van der Waals surface area contributed by atoms with Gasteiger partial charge in [-0.05, 0) is 6.07 Å². The van der Waals surface area contributed by atoms with Gasteiger partial charge in [-0.2, -0.15) is 5.10 Å². The predicted octanol–water partition coefficient (Wildman–Crippen LogP) is 1.95. The van der Waals surface area contributed by atoms with E-state index < -0.39 is 34.5 Å². The molecule has 0 radical (unpaired) electrons. The van der Waals surface area contributed by atoms with Gasteiger partial charge < -0.3 is 10.0 Å². The Morgan fingerprint density at radius 2 is 2.12 bits per heavy atom. The summed E-state index contributed by atoms with van der Waals surface area (Å²) in [5.74, 6) is -3.46. The highest BCUT2D eigenvalue weighted by atomic mass is 32.1. The second-order valence-corrected chi connectivity index (χ2v) is 6.43. The fourth-order valence-electron chi connectivity index (χ4n) is 2.88. The predicted molar refractivity (Wildman–Crippen MR) is 91.8 cm³/mol. The Bertz CT molecular complexity index is 839. The summed E-state index contributed by atoms with van der Waals surface area (Å²) < 4.78 is 42.0. The Morgan fingerprint density at radius 3 is 2.73 bits per heavy atom. The van der Waals surface area contributed by atoms with Gasteiger partial charge in [0, 0.05) is 17.5 Å². The van der Waals surface area contributed by atoms with Crippen molar-refractivity contribution in [3.8, 4) is 0 Å². The van der Waals surface area contributed by atoms with E-state index in [1.54, 1.807) is 0 Å². The van der Waals surface area contributed by atoms with Crippen LogP contribution in [0.5, 0.6) is 0 Å². The van der Waals surface area contributed by atoms with Crippen molar-refractivity contribution in [1.82, 2.24) is 20.3 Å². The average Bonchev–Trinajstić information content (AvgIpc) is 2.99. The van der Waals surface area contributed by atoms with Crippen LogP contribution in [0.25, 0.3) is 0 Å². The Kier molecular flexibility index (Phi) is 5.05. The molecular weight excluding hydrogens is 367 g/mol. The molecule has 0 saturated carbocycles. The van der Waals surface area contributed by atoms with E-state index in [-0.39, 0.29) is 17.8 Å². The summed E-state index contributed by atoms with van der Waals surface area (Å²) in [6, 6.07) is 2.83. The van der Waals surface area contributed by atoms with Gasteiger partial charge in [-0.3, -0.25) is 5.43 Å². The lowest BCUT2D eigenvalue weighted by atomic mass is 9.79. The fraction of sp³-hybridized carbons (Fsp3) is 0.312. The number of hydrogen-bond acceptors (Lipinski definition) is 7. The lowest BCUT2D eigenvalue weighted by Crippen LogP contribution is -2.47. The van der Waals surface area contributed by atoms with E-state index in [0.29, 0.717) is 6.07 Å². The summed E-state index contributed by atoms with van der Waals surface area (Å²) in [7, 11) is 0. The van der Waals surface area contributed by atoms with Crippen LogP contribution in [0.2, 0.25) is 0 Å². The van der Waals surface area contributed by atoms with E-state index >= 15 is 0 Å². The zero-order valence-corrected chi connectivity index (χ0v) is 14.5. The molecule has 138 valence electrons. The summed E-state index contributed by atoms with van der Waals surface area (Å²) in [5.41, 5.74) is -0.144. The average molecular weight is 383 g/mol. The number of β-amino-alcohol motifs (C(OH)–C–C–N with tert-alkyl or cyclic N) is 1. The Hall–Kier alpha value is -2.33. The zero-order valence-electron chi connectivity index (χ0n) is 13.6. The number of thiol groups is 1. The van der Waals surface area contributed by atoms with Crippen LogP contribution >= 0.6 is 12.6 Å². The largest absolute Gasteiger partial charge is 0.382 e. The minimum Gasteiger partial charge on any atom is -0.382 e. The van der Waals surface area contributed by atoms with Crippen LogP contribution in [-0.4, -0.2) is 38.4 Å². The lowest BCUT2D eigenvalue weighted by molar-refractivity contribution is -0.0120. The topological polar surface area (TPSA) is 73.6 Å². The normalized spacial score (nSPS) is 19.9.